The van der Waals surface area contributed by atoms with Gasteiger partial charge in [0.15, 0.2) is 10.5 Å². The zero-order valence-corrected chi connectivity index (χ0v) is 9.22. The quantitative estimate of drug-likeness (QED) is 0.751. The second-order valence-electron chi connectivity index (χ2n) is 3.19. The SMILES string of the molecule is Brc1ncc(OC2COC2)c2nncn12. The van der Waals surface area contributed by atoms with Crippen molar-refractivity contribution in [2.75, 3.05) is 13.2 Å². The van der Waals surface area contributed by atoms with Crippen LogP contribution in [0, 0.1) is 0 Å². The summed E-state index contributed by atoms with van der Waals surface area (Å²) in [6.45, 7) is 1.24. The summed E-state index contributed by atoms with van der Waals surface area (Å²) in [4.78, 5) is 4.12. The van der Waals surface area contributed by atoms with Crippen LogP contribution in [-0.2, 0) is 4.74 Å². The van der Waals surface area contributed by atoms with E-state index in [4.69, 9.17) is 9.47 Å². The van der Waals surface area contributed by atoms with Crippen LogP contribution in [0.25, 0.3) is 5.65 Å². The molecular formula is C8H7BrN4O2. The van der Waals surface area contributed by atoms with Crippen molar-refractivity contribution >= 4 is 21.6 Å². The summed E-state index contributed by atoms with van der Waals surface area (Å²) in [6.07, 6.45) is 3.32. The molecule has 1 aliphatic rings. The topological polar surface area (TPSA) is 61.5 Å². The van der Waals surface area contributed by atoms with Gasteiger partial charge < -0.3 is 9.47 Å². The van der Waals surface area contributed by atoms with Gasteiger partial charge in [-0.3, -0.25) is 4.40 Å². The number of halogens is 1. The molecule has 0 atom stereocenters. The number of ether oxygens (including phenoxy) is 2. The molecule has 1 saturated heterocycles. The van der Waals surface area contributed by atoms with Crippen LogP contribution in [0.2, 0.25) is 0 Å². The number of hydrogen-bond donors (Lipinski definition) is 0. The second-order valence-corrected chi connectivity index (χ2v) is 3.90. The first-order chi connectivity index (χ1) is 7.34. The van der Waals surface area contributed by atoms with Crippen molar-refractivity contribution in [2.45, 2.75) is 6.10 Å². The van der Waals surface area contributed by atoms with Gasteiger partial charge >= 0.3 is 0 Å². The van der Waals surface area contributed by atoms with Gasteiger partial charge in [-0.15, -0.1) is 10.2 Å². The molecule has 2 aromatic rings. The lowest BCUT2D eigenvalue weighted by molar-refractivity contribution is -0.0794. The standard InChI is InChI=1S/C8H7BrN4O2/c9-8-10-1-6(15-5-2-14-3-5)7-12-11-4-13(7)8/h1,4-5H,2-3H2. The van der Waals surface area contributed by atoms with E-state index in [1.54, 1.807) is 16.9 Å². The van der Waals surface area contributed by atoms with Crippen LogP contribution in [0.1, 0.15) is 0 Å². The largest absolute Gasteiger partial charge is 0.480 e. The van der Waals surface area contributed by atoms with E-state index < -0.39 is 0 Å². The van der Waals surface area contributed by atoms with Crippen molar-refractivity contribution in [3.63, 3.8) is 0 Å². The molecule has 0 aromatic carbocycles. The highest BCUT2D eigenvalue weighted by atomic mass is 79.9. The maximum atomic E-state index is 5.65. The Labute approximate surface area is 93.4 Å². The fourth-order valence-electron chi connectivity index (χ4n) is 1.31. The summed E-state index contributed by atoms with van der Waals surface area (Å²) >= 11 is 3.30. The monoisotopic (exact) mass is 270 g/mol. The third-order valence-corrected chi connectivity index (χ3v) is 2.74. The number of aromatic nitrogens is 4. The normalized spacial score (nSPS) is 16.6. The Balaban J connectivity index is 2.02. The summed E-state index contributed by atoms with van der Waals surface area (Å²) in [5.41, 5.74) is 0.656. The minimum Gasteiger partial charge on any atom is -0.480 e. The van der Waals surface area contributed by atoms with E-state index in [9.17, 15) is 0 Å². The molecular weight excluding hydrogens is 264 g/mol. The van der Waals surface area contributed by atoms with E-state index in [0.29, 0.717) is 29.3 Å². The van der Waals surface area contributed by atoms with Gasteiger partial charge in [0.05, 0.1) is 19.4 Å². The smallest absolute Gasteiger partial charge is 0.206 e. The third-order valence-electron chi connectivity index (χ3n) is 2.16. The average molecular weight is 271 g/mol. The summed E-state index contributed by atoms with van der Waals surface area (Å²) in [5.74, 6) is 0.629. The Morgan fingerprint density at radius 3 is 3.13 bits per heavy atom. The first kappa shape index (κ1) is 9.05. The third kappa shape index (κ3) is 1.47. The fourth-order valence-corrected chi connectivity index (χ4v) is 1.68. The molecule has 1 fully saturated rings. The lowest BCUT2D eigenvalue weighted by Crippen LogP contribution is -2.38. The molecule has 3 heterocycles. The van der Waals surface area contributed by atoms with E-state index in [-0.39, 0.29) is 6.10 Å². The van der Waals surface area contributed by atoms with Crippen LogP contribution in [0.4, 0.5) is 0 Å². The average Bonchev–Trinajstić information content (AvgIpc) is 2.63. The minimum absolute atomic E-state index is 0.105. The van der Waals surface area contributed by atoms with Gasteiger partial charge in [-0.25, -0.2) is 4.98 Å². The van der Waals surface area contributed by atoms with Gasteiger partial charge in [0, 0.05) is 0 Å². The molecule has 0 saturated carbocycles. The highest BCUT2D eigenvalue weighted by Crippen LogP contribution is 2.22. The highest BCUT2D eigenvalue weighted by molar-refractivity contribution is 9.10. The van der Waals surface area contributed by atoms with Crippen LogP contribution in [0.3, 0.4) is 0 Å². The lowest BCUT2D eigenvalue weighted by atomic mass is 10.3. The van der Waals surface area contributed by atoms with Crippen LogP contribution in [-0.4, -0.2) is 38.9 Å². The van der Waals surface area contributed by atoms with E-state index >= 15 is 0 Å². The molecule has 6 nitrogen and oxygen atoms in total. The fraction of sp³-hybridized carbons (Fsp3) is 0.375. The molecule has 78 valence electrons. The van der Waals surface area contributed by atoms with Crippen molar-refractivity contribution < 1.29 is 9.47 Å². The zero-order chi connectivity index (χ0) is 10.3. The predicted molar refractivity (Wildman–Crippen MR) is 53.7 cm³/mol. The van der Waals surface area contributed by atoms with Gasteiger partial charge in [-0.2, -0.15) is 0 Å². The van der Waals surface area contributed by atoms with Crippen molar-refractivity contribution in [3.05, 3.63) is 17.3 Å². The van der Waals surface area contributed by atoms with Crippen LogP contribution in [0.15, 0.2) is 17.3 Å². The van der Waals surface area contributed by atoms with E-state index in [0.717, 1.165) is 0 Å². The number of rotatable bonds is 2. The molecule has 0 radical (unpaired) electrons. The van der Waals surface area contributed by atoms with Crippen LogP contribution in [0.5, 0.6) is 5.75 Å². The molecule has 0 spiro atoms. The first-order valence-corrected chi connectivity index (χ1v) is 5.22. The molecule has 1 aliphatic heterocycles. The Kier molecular flexibility index (Phi) is 2.06. The van der Waals surface area contributed by atoms with Crippen molar-refractivity contribution in [1.82, 2.24) is 19.6 Å². The van der Waals surface area contributed by atoms with Crippen LogP contribution >= 0.6 is 15.9 Å². The maximum Gasteiger partial charge on any atom is 0.206 e. The van der Waals surface area contributed by atoms with Crippen molar-refractivity contribution in [2.24, 2.45) is 0 Å². The van der Waals surface area contributed by atoms with Gasteiger partial charge in [-0.1, -0.05) is 0 Å². The van der Waals surface area contributed by atoms with Gasteiger partial charge in [0.25, 0.3) is 0 Å². The van der Waals surface area contributed by atoms with Gasteiger partial charge in [0.1, 0.15) is 12.4 Å². The van der Waals surface area contributed by atoms with Gasteiger partial charge in [0.2, 0.25) is 5.65 Å². The van der Waals surface area contributed by atoms with E-state index in [2.05, 4.69) is 31.1 Å². The van der Waals surface area contributed by atoms with E-state index in [1.807, 2.05) is 0 Å². The zero-order valence-electron chi connectivity index (χ0n) is 7.63. The Hall–Kier alpha value is -1.21. The lowest BCUT2D eigenvalue weighted by Gasteiger charge is -2.26. The maximum absolute atomic E-state index is 5.65. The summed E-state index contributed by atoms with van der Waals surface area (Å²) < 4.78 is 13.0. The predicted octanol–water partition coefficient (Wildman–Crippen LogP) is 0.664. The highest BCUT2D eigenvalue weighted by Gasteiger charge is 2.22. The van der Waals surface area contributed by atoms with Crippen LogP contribution < -0.4 is 4.74 Å². The van der Waals surface area contributed by atoms with E-state index in [1.165, 1.54) is 0 Å². The van der Waals surface area contributed by atoms with Crippen molar-refractivity contribution in [3.8, 4) is 5.75 Å². The molecule has 2 aromatic heterocycles. The second kappa shape index (κ2) is 3.42. The molecule has 0 unspecified atom stereocenters. The molecule has 7 heteroatoms. The van der Waals surface area contributed by atoms with Gasteiger partial charge in [-0.05, 0) is 15.9 Å². The molecule has 0 aliphatic carbocycles. The molecule has 3 rings (SSSR count). The number of fused-ring (bicyclic) bond motifs is 1. The first-order valence-electron chi connectivity index (χ1n) is 4.43. The molecule has 0 amide bonds. The minimum atomic E-state index is 0.105. The Morgan fingerprint density at radius 1 is 1.53 bits per heavy atom. The summed E-state index contributed by atoms with van der Waals surface area (Å²) in [5, 5.41) is 7.77. The molecule has 0 bridgehead atoms. The Bertz CT molecular complexity index is 496. The summed E-state index contributed by atoms with van der Waals surface area (Å²) in [7, 11) is 0. The number of nitrogens with zero attached hydrogens (tertiary/aromatic N) is 4. The molecule has 0 N–H and O–H groups in total. The molecule has 15 heavy (non-hydrogen) atoms. The summed E-state index contributed by atoms with van der Waals surface area (Å²) in [6, 6.07) is 0. The Morgan fingerprint density at radius 2 is 2.40 bits per heavy atom. The van der Waals surface area contributed by atoms with Crippen molar-refractivity contribution in [1.29, 1.82) is 0 Å². The number of hydrogen-bond acceptors (Lipinski definition) is 5.